The van der Waals surface area contributed by atoms with Gasteiger partial charge in [-0.3, -0.25) is 0 Å². The molecule has 3 unspecified atom stereocenters. The summed E-state index contributed by atoms with van der Waals surface area (Å²) in [5.74, 6) is 0. The summed E-state index contributed by atoms with van der Waals surface area (Å²) in [7, 11) is 0.647. The van der Waals surface area contributed by atoms with Crippen molar-refractivity contribution in [2.45, 2.75) is 30.7 Å². The van der Waals surface area contributed by atoms with Crippen LogP contribution in [0.25, 0.3) is 0 Å². The third-order valence-electron chi connectivity index (χ3n) is 2.09. The Morgan fingerprint density at radius 2 is 1.75 bits per heavy atom. The fourth-order valence-electron chi connectivity index (χ4n) is 1.32. The third-order valence-corrected chi connectivity index (χ3v) is 2.09. The van der Waals surface area contributed by atoms with E-state index in [9.17, 15) is 35.9 Å². The van der Waals surface area contributed by atoms with Crippen molar-refractivity contribution in [3.63, 3.8) is 0 Å². The van der Waals surface area contributed by atoms with E-state index in [0.717, 1.165) is 0 Å². The molecule has 6 nitrogen and oxygen atoms in total. The van der Waals surface area contributed by atoms with E-state index in [1.165, 1.54) is 0 Å². The summed E-state index contributed by atoms with van der Waals surface area (Å²) in [6.07, 6.45) is -24.1. The molecule has 1 aliphatic heterocycles. The van der Waals surface area contributed by atoms with Crippen molar-refractivity contribution in [2.75, 3.05) is 7.11 Å². The van der Waals surface area contributed by atoms with E-state index in [1.54, 1.807) is 0 Å². The van der Waals surface area contributed by atoms with Gasteiger partial charge in [0.2, 0.25) is 12.2 Å². The number of methoxy groups -OCH3 is 1. The second-order valence-electron chi connectivity index (χ2n) is 3.45. The quantitative estimate of drug-likeness (QED) is 0.575. The molecule has 1 aliphatic rings. The third kappa shape index (κ3) is 3.57. The maximum Gasteiger partial charge on any atom is 0.509 e. The molecule has 12 heteroatoms. The zero-order chi connectivity index (χ0) is 15.7. The zero-order valence-electron chi connectivity index (χ0n) is 9.45. The van der Waals surface area contributed by atoms with Crippen LogP contribution in [0.1, 0.15) is 0 Å². The van der Waals surface area contributed by atoms with Gasteiger partial charge in [0.25, 0.3) is 0 Å². The summed E-state index contributed by atoms with van der Waals surface area (Å²) in [5.41, 5.74) is 0. The summed E-state index contributed by atoms with van der Waals surface area (Å²) >= 11 is 0. The van der Waals surface area contributed by atoms with Crippen LogP contribution in [0, 0.1) is 0 Å². The molecule has 0 aromatic heterocycles. The molecule has 3 atom stereocenters. The Morgan fingerprint density at radius 1 is 1.20 bits per heavy atom. The molecular weight excluding hydrogens is 306 g/mol. The Morgan fingerprint density at radius 3 is 2.15 bits per heavy atom. The first-order valence-electron chi connectivity index (χ1n) is 4.72. The SMILES string of the molecule is COC(=O)OC(C1OC(=O)OC1C(F)(F)F)C(F)(F)F. The van der Waals surface area contributed by atoms with Gasteiger partial charge in [-0.15, -0.1) is 0 Å². The molecule has 1 rings (SSSR count). The molecule has 0 spiro atoms. The lowest BCUT2D eigenvalue weighted by molar-refractivity contribution is -0.259. The Balaban J connectivity index is 3.05. The van der Waals surface area contributed by atoms with Crippen molar-refractivity contribution in [2.24, 2.45) is 0 Å². The molecule has 116 valence electrons. The number of hydrogen-bond donors (Lipinski definition) is 0. The van der Waals surface area contributed by atoms with Gasteiger partial charge in [-0.05, 0) is 0 Å². The van der Waals surface area contributed by atoms with Gasteiger partial charge >= 0.3 is 24.7 Å². The van der Waals surface area contributed by atoms with Gasteiger partial charge in [0.15, 0.2) is 6.10 Å². The van der Waals surface area contributed by atoms with Crippen LogP contribution in [0.2, 0.25) is 0 Å². The van der Waals surface area contributed by atoms with Gasteiger partial charge < -0.3 is 18.9 Å². The van der Waals surface area contributed by atoms with Crippen LogP contribution < -0.4 is 0 Å². The van der Waals surface area contributed by atoms with Crippen molar-refractivity contribution < 1.29 is 54.9 Å². The van der Waals surface area contributed by atoms with E-state index in [0.29, 0.717) is 7.11 Å². The van der Waals surface area contributed by atoms with Crippen LogP contribution in [0.5, 0.6) is 0 Å². The Labute approximate surface area is 106 Å². The largest absolute Gasteiger partial charge is 0.509 e. The molecule has 1 fully saturated rings. The minimum Gasteiger partial charge on any atom is -0.438 e. The smallest absolute Gasteiger partial charge is 0.438 e. The molecule has 1 saturated heterocycles. The fraction of sp³-hybridized carbons (Fsp3) is 0.750. The monoisotopic (exact) mass is 312 g/mol. The van der Waals surface area contributed by atoms with Crippen molar-refractivity contribution in [3.8, 4) is 0 Å². The second-order valence-corrected chi connectivity index (χ2v) is 3.45. The van der Waals surface area contributed by atoms with E-state index in [1.807, 2.05) is 0 Å². The Kier molecular flexibility index (Phi) is 4.24. The molecule has 1 heterocycles. The molecule has 0 amide bonds. The highest BCUT2D eigenvalue weighted by atomic mass is 19.4. The lowest BCUT2D eigenvalue weighted by atomic mass is 10.1. The fourth-order valence-corrected chi connectivity index (χ4v) is 1.32. The summed E-state index contributed by atoms with van der Waals surface area (Å²) in [6.45, 7) is 0. The predicted octanol–water partition coefficient (Wildman–Crippen LogP) is 2.17. The minimum absolute atomic E-state index is 0.647. The summed E-state index contributed by atoms with van der Waals surface area (Å²) in [4.78, 5) is 21.3. The molecule has 20 heavy (non-hydrogen) atoms. The highest BCUT2D eigenvalue weighted by Crippen LogP contribution is 2.38. The molecule has 0 bridgehead atoms. The standard InChI is InChI=1S/C8H6F6O6/c1-17-5(15)19-3(7(9,10)11)2-4(8(12,13)14)20-6(16)18-2/h2-4H,1H3. The molecule has 0 aromatic carbocycles. The zero-order valence-corrected chi connectivity index (χ0v) is 9.45. The van der Waals surface area contributed by atoms with Crippen LogP contribution in [0.15, 0.2) is 0 Å². The van der Waals surface area contributed by atoms with Gasteiger partial charge in [-0.25, -0.2) is 9.59 Å². The number of rotatable bonds is 2. The van der Waals surface area contributed by atoms with Gasteiger partial charge in [0.05, 0.1) is 7.11 Å². The number of carbonyl (C=O) groups excluding carboxylic acids is 2. The summed E-state index contributed by atoms with van der Waals surface area (Å²) in [6, 6.07) is 0. The molecular formula is C8H6F6O6. The van der Waals surface area contributed by atoms with E-state index < -0.39 is 43.0 Å². The van der Waals surface area contributed by atoms with Crippen molar-refractivity contribution in [3.05, 3.63) is 0 Å². The maximum absolute atomic E-state index is 12.6. The Hall–Kier alpha value is -1.88. The van der Waals surface area contributed by atoms with Crippen LogP contribution >= 0.6 is 0 Å². The number of carbonyl (C=O) groups is 2. The predicted molar refractivity (Wildman–Crippen MR) is 44.5 cm³/mol. The normalized spacial score (nSPS) is 24.6. The van der Waals surface area contributed by atoms with Gasteiger partial charge in [0, 0.05) is 0 Å². The number of hydrogen-bond acceptors (Lipinski definition) is 6. The average molecular weight is 312 g/mol. The molecule has 0 aliphatic carbocycles. The summed E-state index contributed by atoms with van der Waals surface area (Å²) in [5, 5.41) is 0. The highest BCUT2D eigenvalue weighted by molar-refractivity contribution is 5.63. The molecule has 0 aromatic rings. The Bertz CT molecular complexity index is 390. The van der Waals surface area contributed by atoms with Crippen molar-refractivity contribution in [1.29, 1.82) is 0 Å². The lowest BCUT2D eigenvalue weighted by Crippen LogP contribution is -2.52. The van der Waals surface area contributed by atoms with E-state index in [4.69, 9.17) is 0 Å². The first-order chi connectivity index (χ1) is 8.96. The number of halogens is 6. The molecule has 0 saturated carbocycles. The van der Waals surface area contributed by atoms with E-state index in [-0.39, 0.29) is 0 Å². The van der Waals surface area contributed by atoms with E-state index in [2.05, 4.69) is 18.9 Å². The van der Waals surface area contributed by atoms with Gasteiger partial charge in [-0.2, -0.15) is 26.3 Å². The minimum atomic E-state index is -5.43. The average Bonchev–Trinajstić information content (AvgIpc) is 2.65. The van der Waals surface area contributed by atoms with Crippen molar-refractivity contribution >= 4 is 12.3 Å². The van der Waals surface area contributed by atoms with Crippen LogP contribution in [0.4, 0.5) is 35.9 Å². The highest BCUT2D eigenvalue weighted by Gasteiger charge is 2.64. The number of cyclic esters (lactones) is 2. The van der Waals surface area contributed by atoms with Crippen LogP contribution in [0.3, 0.4) is 0 Å². The topological polar surface area (TPSA) is 71.1 Å². The number of alkyl halides is 6. The molecule has 0 radical (unpaired) electrons. The van der Waals surface area contributed by atoms with Gasteiger partial charge in [0.1, 0.15) is 0 Å². The van der Waals surface area contributed by atoms with Gasteiger partial charge in [-0.1, -0.05) is 0 Å². The van der Waals surface area contributed by atoms with Crippen LogP contribution in [-0.4, -0.2) is 50.1 Å². The number of ether oxygens (including phenoxy) is 4. The summed E-state index contributed by atoms with van der Waals surface area (Å²) < 4.78 is 90.0. The maximum atomic E-state index is 12.6. The second kappa shape index (κ2) is 5.25. The lowest BCUT2D eigenvalue weighted by Gasteiger charge is -2.26. The van der Waals surface area contributed by atoms with Crippen LogP contribution in [-0.2, 0) is 18.9 Å². The first kappa shape index (κ1) is 16.2. The molecule has 0 N–H and O–H groups in total. The van der Waals surface area contributed by atoms with E-state index >= 15 is 0 Å². The first-order valence-corrected chi connectivity index (χ1v) is 4.72. The van der Waals surface area contributed by atoms with Crippen molar-refractivity contribution in [1.82, 2.24) is 0 Å².